The minimum absolute atomic E-state index is 0.0293. The Bertz CT molecular complexity index is 1150. The smallest absolute Gasteiger partial charge is 0.418 e. The molecule has 136 valence electrons. The van der Waals surface area contributed by atoms with Crippen molar-refractivity contribution < 1.29 is 18.7 Å². The fraction of sp³-hybridized carbons (Fsp3) is 0.263. The highest BCUT2D eigenvalue weighted by Gasteiger charge is 2.47. The number of amides is 1. The zero-order chi connectivity index (χ0) is 18.6. The van der Waals surface area contributed by atoms with Gasteiger partial charge in [-0.3, -0.25) is 14.6 Å². The first-order valence-electron chi connectivity index (χ1n) is 8.63. The molecule has 5 rings (SSSR count). The van der Waals surface area contributed by atoms with Crippen molar-refractivity contribution in [2.24, 2.45) is 0 Å². The lowest BCUT2D eigenvalue weighted by Crippen LogP contribution is -2.45. The summed E-state index contributed by atoms with van der Waals surface area (Å²) in [7, 11) is 0. The number of oxazole rings is 1. The number of aromatic amines is 1. The lowest BCUT2D eigenvalue weighted by atomic mass is 9.89. The van der Waals surface area contributed by atoms with Crippen molar-refractivity contribution in [1.82, 2.24) is 14.9 Å². The number of nitrogens with one attached hydrogen (secondary N) is 1. The summed E-state index contributed by atoms with van der Waals surface area (Å²) in [5.74, 6) is -0.291. The molecule has 1 amide bonds. The molecular weight excluding hydrogens is 350 g/mol. The van der Waals surface area contributed by atoms with Crippen LogP contribution in [0.25, 0.3) is 11.2 Å². The second kappa shape index (κ2) is 5.54. The van der Waals surface area contributed by atoms with E-state index in [4.69, 9.17) is 9.15 Å². The molecule has 1 atom stereocenters. The number of ketones is 1. The van der Waals surface area contributed by atoms with E-state index in [0.717, 1.165) is 0 Å². The molecule has 1 aromatic carbocycles. The van der Waals surface area contributed by atoms with Gasteiger partial charge < -0.3 is 14.1 Å². The number of hydrogen-bond acceptors (Lipinski definition) is 6. The molecule has 2 aliphatic rings. The van der Waals surface area contributed by atoms with E-state index in [2.05, 4.69) is 9.97 Å². The predicted octanol–water partition coefficient (Wildman–Crippen LogP) is 1.77. The van der Waals surface area contributed by atoms with Gasteiger partial charge in [0.25, 0.3) is 5.91 Å². The second-order valence-corrected chi connectivity index (χ2v) is 6.92. The number of aromatic nitrogens is 2. The van der Waals surface area contributed by atoms with E-state index in [9.17, 15) is 14.4 Å². The molecule has 0 aliphatic carbocycles. The lowest BCUT2D eigenvalue weighted by Gasteiger charge is -2.34. The molecule has 1 N–H and O–H groups in total. The summed E-state index contributed by atoms with van der Waals surface area (Å²) < 4.78 is 11.1. The number of carbonyl (C=O) groups excluding carboxylic acids is 2. The molecule has 1 unspecified atom stereocenters. The molecule has 3 aromatic rings. The number of rotatable bonds is 1. The van der Waals surface area contributed by atoms with E-state index in [1.165, 1.54) is 12.1 Å². The molecule has 1 spiro atoms. The van der Waals surface area contributed by atoms with Crippen molar-refractivity contribution in [3.8, 4) is 5.75 Å². The van der Waals surface area contributed by atoms with Gasteiger partial charge in [-0.2, -0.15) is 0 Å². The van der Waals surface area contributed by atoms with Gasteiger partial charge in [-0.05, 0) is 24.3 Å². The number of benzene rings is 1. The molecule has 1 fully saturated rings. The summed E-state index contributed by atoms with van der Waals surface area (Å²) in [6.07, 6.45) is 0.818. The van der Waals surface area contributed by atoms with Gasteiger partial charge in [0.2, 0.25) is 0 Å². The molecule has 27 heavy (non-hydrogen) atoms. The van der Waals surface area contributed by atoms with E-state index in [0.29, 0.717) is 36.4 Å². The van der Waals surface area contributed by atoms with Crippen LogP contribution in [0, 0.1) is 0 Å². The van der Waals surface area contributed by atoms with Crippen LogP contribution in [0.2, 0.25) is 0 Å². The van der Waals surface area contributed by atoms with Gasteiger partial charge in [-0.15, -0.1) is 0 Å². The molecule has 2 aliphatic heterocycles. The Morgan fingerprint density at radius 1 is 1.19 bits per heavy atom. The summed E-state index contributed by atoms with van der Waals surface area (Å²) in [6.45, 7) is 0.781. The highest BCUT2D eigenvalue weighted by Crippen LogP contribution is 2.38. The Morgan fingerprint density at radius 2 is 2.04 bits per heavy atom. The number of ether oxygens (including phenoxy) is 1. The van der Waals surface area contributed by atoms with Crippen molar-refractivity contribution in [3.63, 3.8) is 0 Å². The van der Waals surface area contributed by atoms with Gasteiger partial charge in [-0.1, -0.05) is 12.1 Å². The van der Waals surface area contributed by atoms with E-state index in [1.807, 2.05) is 12.1 Å². The van der Waals surface area contributed by atoms with Crippen molar-refractivity contribution >= 4 is 22.9 Å². The fourth-order valence-electron chi connectivity index (χ4n) is 3.81. The standard InChI is InChI=1S/C19H15N3O5/c23-13-9-19(27-14-4-2-1-3-11(13)14)7-8-22(10-19)17(24)12-5-6-15-16(20-12)21-18(25)26-15/h1-6H,7-10H2,(H,20,21,25). The highest BCUT2D eigenvalue weighted by atomic mass is 16.5. The Labute approximate surface area is 152 Å². The summed E-state index contributed by atoms with van der Waals surface area (Å²) in [5.41, 5.74) is 0.628. The minimum atomic E-state index is -0.699. The number of para-hydroxylation sites is 1. The van der Waals surface area contributed by atoms with E-state index < -0.39 is 11.4 Å². The average molecular weight is 365 g/mol. The third-order valence-electron chi connectivity index (χ3n) is 5.10. The van der Waals surface area contributed by atoms with Crippen LogP contribution in [-0.2, 0) is 0 Å². The topological polar surface area (TPSA) is 106 Å². The van der Waals surface area contributed by atoms with Crippen molar-refractivity contribution in [2.75, 3.05) is 13.1 Å². The van der Waals surface area contributed by atoms with Gasteiger partial charge in [0.05, 0.1) is 18.5 Å². The summed E-state index contributed by atoms with van der Waals surface area (Å²) in [6, 6.07) is 10.2. The van der Waals surface area contributed by atoms with Crippen LogP contribution >= 0.6 is 0 Å². The number of Topliss-reactive ketones (excluding diaryl/α,β-unsaturated/α-hetero) is 1. The minimum Gasteiger partial charge on any atom is -0.484 e. The van der Waals surface area contributed by atoms with Crippen LogP contribution in [0.4, 0.5) is 0 Å². The molecule has 2 aromatic heterocycles. The number of likely N-dealkylation sites (tertiary alicyclic amines) is 1. The van der Waals surface area contributed by atoms with E-state index in [-0.39, 0.29) is 29.5 Å². The van der Waals surface area contributed by atoms with Gasteiger partial charge in [0, 0.05) is 13.0 Å². The van der Waals surface area contributed by atoms with Gasteiger partial charge in [0.15, 0.2) is 17.0 Å². The Hall–Kier alpha value is -3.42. The normalized spacial score (nSPS) is 21.5. The maximum Gasteiger partial charge on any atom is 0.418 e. The maximum absolute atomic E-state index is 12.9. The Morgan fingerprint density at radius 3 is 2.93 bits per heavy atom. The van der Waals surface area contributed by atoms with Crippen LogP contribution in [0.1, 0.15) is 33.7 Å². The zero-order valence-electron chi connectivity index (χ0n) is 14.2. The monoisotopic (exact) mass is 365 g/mol. The van der Waals surface area contributed by atoms with Crippen LogP contribution in [0.3, 0.4) is 0 Å². The molecule has 0 bridgehead atoms. The van der Waals surface area contributed by atoms with Crippen molar-refractivity contribution in [1.29, 1.82) is 0 Å². The number of hydrogen-bond donors (Lipinski definition) is 1. The molecular formula is C19H15N3O5. The largest absolute Gasteiger partial charge is 0.484 e. The van der Waals surface area contributed by atoms with E-state index in [1.54, 1.807) is 17.0 Å². The summed E-state index contributed by atoms with van der Waals surface area (Å²) in [5, 5.41) is 0. The lowest BCUT2D eigenvalue weighted by molar-refractivity contribution is 0.0427. The highest BCUT2D eigenvalue weighted by molar-refractivity contribution is 6.00. The number of nitrogens with zero attached hydrogens (tertiary/aromatic N) is 2. The molecule has 8 nitrogen and oxygen atoms in total. The molecule has 0 saturated carbocycles. The molecule has 8 heteroatoms. The Kier molecular flexibility index (Phi) is 3.24. The molecule has 0 radical (unpaired) electrons. The third kappa shape index (κ3) is 2.52. The summed E-state index contributed by atoms with van der Waals surface area (Å²) in [4.78, 5) is 44.9. The number of H-pyrrole nitrogens is 1. The number of fused-ring (bicyclic) bond motifs is 2. The SMILES string of the molecule is O=C1CC2(CCN(C(=O)c3ccc4oc(=O)[nH]c4n3)C2)Oc2ccccc21. The van der Waals surface area contributed by atoms with Crippen LogP contribution in [0.5, 0.6) is 5.75 Å². The first-order chi connectivity index (χ1) is 13.0. The number of carbonyl (C=O) groups is 2. The van der Waals surface area contributed by atoms with Gasteiger partial charge in [0.1, 0.15) is 17.0 Å². The number of pyridine rings is 1. The van der Waals surface area contributed by atoms with Crippen molar-refractivity contribution in [3.05, 3.63) is 58.2 Å². The third-order valence-corrected chi connectivity index (χ3v) is 5.10. The quantitative estimate of drug-likeness (QED) is 0.704. The molecule has 1 saturated heterocycles. The van der Waals surface area contributed by atoms with Crippen LogP contribution < -0.4 is 10.5 Å². The first-order valence-corrected chi connectivity index (χ1v) is 8.63. The van der Waals surface area contributed by atoms with E-state index >= 15 is 0 Å². The Balaban J connectivity index is 1.41. The van der Waals surface area contributed by atoms with Gasteiger partial charge in [-0.25, -0.2) is 9.78 Å². The second-order valence-electron chi connectivity index (χ2n) is 6.92. The average Bonchev–Trinajstić information content (AvgIpc) is 3.23. The van der Waals surface area contributed by atoms with Crippen LogP contribution in [-0.4, -0.2) is 45.2 Å². The predicted molar refractivity (Wildman–Crippen MR) is 93.9 cm³/mol. The van der Waals surface area contributed by atoms with Crippen LogP contribution in [0.15, 0.2) is 45.6 Å². The van der Waals surface area contributed by atoms with Gasteiger partial charge >= 0.3 is 5.76 Å². The fourth-order valence-corrected chi connectivity index (χ4v) is 3.81. The molecule has 4 heterocycles. The zero-order valence-corrected chi connectivity index (χ0v) is 14.2. The maximum atomic E-state index is 12.9. The first kappa shape index (κ1) is 15.8. The summed E-state index contributed by atoms with van der Waals surface area (Å²) >= 11 is 0. The van der Waals surface area contributed by atoms with Crippen molar-refractivity contribution in [2.45, 2.75) is 18.4 Å².